The molecule has 0 amide bonds. The maximum absolute atomic E-state index is 5.65. The van der Waals surface area contributed by atoms with Gasteiger partial charge in [-0.25, -0.2) is 0 Å². The highest BCUT2D eigenvalue weighted by Crippen LogP contribution is 2.26. The van der Waals surface area contributed by atoms with E-state index in [1.54, 1.807) is 0 Å². The Hall–Kier alpha value is -1.32. The summed E-state index contributed by atoms with van der Waals surface area (Å²) in [7, 11) is 0. The first-order valence-electron chi connectivity index (χ1n) is 8.05. The molecule has 0 fully saturated rings. The minimum atomic E-state index is 0.789. The van der Waals surface area contributed by atoms with Gasteiger partial charge in [0.1, 0.15) is 0 Å². The molecule has 0 radical (unpaired) electrons. The fourth-order valence-corrected chi connectivity index (χ4v) is 2.77. The van der Waals surface area contributed by atoms with Gasteiger partial charge in [0.05, 0.1) is 6.61 Å². The summed E-state index contributed by atoms with van der Waals surface area (Å²) < 4.78 is 8.03. The lowest BCUT2D eigenvalue weighted by atomic mass is 10.1. The fourth-order valence-electron chi connectivity index (χ4n) is 2.77. The lowest BCUT2D eigenvalue weighted by Gasteiger charge is -2.09. The monoisotopic (exact) mass is 288 g/mol. The Kier molecular flexibility index (Phi) is 5.83. The Morgan fingerprint density at radius 1 is 1.14 bits per heavy atom. The van der Waals surface area contributed by atoms with E-state index in [1.165, 1.54) is 27.7 Å². The number of benzene rings is 1. The molecule has 0 aliphatic heterocycles. The molecule has 1 N–H and O–H groups in total. The summed E-state index contributed by atoms with van der Waals surface area (Å²) in [5.41, 5.74) is 5.42. The van der Waals surface area contributed by atoms with Crippen molar-refractivity contribution >= 4 is 10.9 Å². The molecule has 0 saturated carbocycles. The average molecular weight is 288 g/mol. The van der Waals surface area contributed by atoms with Gasteiger partial charge in [0, 0.05) is 36.3 Å². The number of hydrogen-bond acceptors (Lipinski definition) is 2. The van der Waals surface area contributed by atoms with E-state index in [1.807, 2.05) is 0 Å². The second-order valence-electron chi connectivity index (χ2n) is 5.61. The first-order valence-corrected chi connectivity index (χ1v) is 8.05. The zero-order valence-corrected chi connectivity index (χ0v) is 13.8. The van der Waals surface area contributed by atoms with Crippen molar-refractivity contribution in [1.29, 1.82) is 0 Å². The van der Waals surface area contributed by atoms with Crippen LogP contribution in [0.3, 0.4) is 0 Å². The van der Waals surface area contributed by atoms with E-state index in [-0.39, 0.29) is 0 Å². The predicted molar refractivity (Wildman–Crippen MR) is 89.9 cm³/mol. The van der Waals surface area contributed by atoms with Crippen LogP contribution in [0.4, 0.5) is 0 Å². The van der Waals surface area contributed by atoms with Gasteiger partial charge in [0.25, 0.3) is 0 Å². The molecule has 1 aromatic heterocycles. The Bertz CT molecular complexity index is 586. The third-order valence-corrected chi connectivity index (χ3v) is 4.09. The van der Waals surface area contributed by atoms with Crippen LogP contribution in [0.1, 0.15) is 37.1 Å². The Morgan fingerprint density at radius 3 is 2.67 bits per heavy atom. The van der Waals surface area contributed by atoms with Crippen molar-refractivity contribution in [2.45, 2.75) is 47.2 Å². The molecule has 0 bridgehead atoms. The molecule has 1 aromatic carbocycles. The summed E-state index contributed by atoms with van der Waals surface area (Å²) in [6.45, 7) is 13.2. The van der Waals surface area contributed by atoms with Crippen LogP contribution in [-0.2, 0) is 17.8 Å². The molecule has 0 atom stereocenters. The van der Waals surface area contributed by atoms with Crippen molar-refractivity contribution in [2.24, 2.45) is 0 Å². The predicted octanol–water partition coefficient (Wildman–Crippen LogP) is 3.79. The van der Waals surface area contributed by atoms with E-state index in [0.717, 1.165) is 39.3 Å². The van der Waals surface area contributed by atoms with Gasteiger partial charge in [-0.1, -0.05) is 19.9 Å². The van der Waals surface area contributed by atoms with Crippen LogP contribution in [0, 0.1) is 13.8 Å². The number of rotatable bonds is 8. The standard InChI is InChI=1S/C18H28N2O/c1-5-10-21-11-9-20-15(4)14(3)17-12-16(13-19-6-2)7-8-18(17)20/h7-8,12,19H,5-6,9-11,13H2,1-4H3. The van der Waals surface area contributed by atoms with E-state index < -0.39 is 0 Å². The second-order valence-corrected chi connectivity index (χ2v) is 5.61. The van der Waals surface area contributed by atoms with Gasteiger partial charge in [-0.05, 0) is 50.1 Å². The summed E-state index contributed by atoms with van der Waals surface area (Å²) in [5.74, 6) is 0. The lowest BCUT2D eigenvalue weighted by molar-refractivity contribution is 0.127. The van der Waals surface area contributed by atoms with E-state index in [4.69, 9.17) is 4.74 Å². The Labute approximate surface area is 128 Å². The van der Waals surface area contributed by atoms with Gasteiger partial charge >= 0.3 is 0 Å². The summed E-state index contributed by atoms with van der Waals surface area (Å²) >= 11 is 0. The molecular weight excluding hydrogens is 260 g/mol. The highest BCUT2D eigenvalue weighted by molar-refractivity contribution is 5.86. The molecule has 21 heavy (non-hydrogen) atoms. The molecular formula is C18H28N2O. The van der Waals surface area contributed by atoms with Crippen LogP contribution in [0.5, 0.6) is 0 Å². The number of ether oxygens (including phenoxy) is 1. The first kappa shape index (κ1) is 16.1. The third kappa shape index (κ3) is 3.66. The van der Waals surface area contributed by atoms with E-state index >= 15 is 0 Å². The quantitative estimate of drug-likeness (QED) is 0.748. The van der Waals surface area contributed by atoms with Crippen LogP contribution >= 0.6 is 0 Å². The normalized spacial score (nSPS) is 11.4. The van der Waals surface area contributed by atoms with Gasteiger partial charge in [0.15, 0.2) is 0 Å². The summed E-state index contributed by atoms with van der Waals surface area (Å²) in [4.78, 5) is 0. The lowest BCUT2D eigenvalue weighted by Crippen LogP contribution is -2.11. The van der Waals surface area contributed by atoms with Crippen LogP contribution in [0.2, 0.25) is 0 Å². The molecule has 0 aliphatic rings. The molecule has 0 aliphatic carbocycles. The van der Waals surface area contributed by atoms with Gasteiger partial charge in [-0.2, -0.15) is 0 Å². The van der Waals surface area contributed by atoms with E-state index in [2.05, 4.69) is 55.8 Å². The smallest absolute Gasteiger partial charge is 0.0645 e. The first-order chi connectivity index (χ1) is 10.2. The minimum absolute atomic E-state index is 0.789. The molecule has 0 saturated heterocycles. The Balaban J connectivity index is 2.23. The fraction of sp³-hybridized carbons (Fsp3) is 0.556. The maximum atomic E-state index is 5.65. The molecule has 0 spiro atoms. The minimum Gasteiger partial charge on any atom is -0.380 e. The van der Waals surface area contributed by atoms with Gasteiger partial charge in [-0.3, -0.25) is 0 Å². The molecule has 1 heterocycles. The number of hydrogen-bond donors (Lipinski definition) is 1. The number of aryl methyl sites for hydroxylation is 1. The SMILES string of the molecule is CCCOCCn1c(C)c(C)c2cc(CNCC)ccc21. The van der Waals surface area contributed by atoms with Gasteiger partial charge in [-0.15, -0.1) is 0 Å². The van der Waals surface area contributed by atoms with Crippen molar-refractivity contribution < 1.29 is 4.74 Å². The third-order valence-electron chi connectivity index (χ3n) is 4.09. The van der Waals surface area contributed by atoms with Crippen molar-refractivity contribution in [3.8, 4) is 0 Å². The molecule has 116 valence electrons. The van der Waals surface area contributed by atoms with E-state index in [9.17, 15) is 0 Å². The highest BCUT2D eigenvalue weighted by Gasteiger charge is 2.11. The largest absolute Gasteiger partial charge is 0.380 e. The zero-order valence-electron chi connectivity index (χ0n) is 13.8. The van der Waals surface area contributed by atoms with Crippen LogP contribution < -0.4 is 5.32 Å². The highest BCUT2D eigenvalue weighted by atomic mass is 16.5. The number of nitrogens with one attached hydrogen (secondary N) is 1. The van der Waals surface area contributed by atoms with Crippen molar-refractivity contribution in [3.63, 3.8) is 0 Å². The van der Waals surface area contributed by atoms with Crippen molar-refractivity contribution in [1.82, 2.24) is 9.88 Å². The number of aromatic nitrogens is 1. The van der Waals surface area contributed by atoms with Gasteiger partial charge < -0.3 is 14.6 Å². The average Bonchev–Trinajstić information content (AvgIpc) is 2.74. The van der Waals surface area contributed by atoms with Crippen LogP contribution in [0.25, 0.3) is 10.9 Å². The van der Waals surface area contributed by atoms with Crippen LogP contribution in [-0.4, -0.2) is 24.3 Å². The molecule has 2 rings (SSSR count). The zero-order chi connectivity index (χ0) is 15.2. The molecule has 3 heteroatoms. The molecule has 3 nitrogen and oxygen atoms in total. The summed E-state index contributed by atoms with van der Waals surface area (Å²) in [6, 6.07) is 6.80. The maximum Gasteiger partial charge on any atom is 0.0645 e. The van der Waals surface area contributed by atoms with Gasteiger partial charge in [0.2, 0.25) is 0 Å². The summed E-state index contributed by atoms with van der Waals surface area (Å²) in [5, 5.41) is 4.77. The topological polar surface area (TPSA) is 26.2 Å². The summed E-state index contributed by atoms with van der Waals surface area (Å²) in [6.07, 6.45) is 1.08. The number of nitrogens with zero attached hydrogens (tertiary/aromatic N) is 1. The Morgan fingerprint density at radius 2 is 1.95 bits per heavy atom. The molecule has 2 aromatic rings. The number of fused-ring (bicyclic) bond motifs is 1. The van der Waals surface area contributed by atoms with Crippen molar-refractivity contribution in [2.75, 3.05) is 19.8 Å². The second kappa shape index (κ2) is 7.62. The molecule has 0 unspecified atom stereocenters. The van der Waals surface area contributed by atoms with Crippen LogP contribution in [0.15, 0.2) is 18.2 Å². The van der Waals surface area contributed by atoms with Crippen molar-refractivity contribution in [3.05, 3.63) is 35.0 Å². The van der Waals surface area contributed by atoms with E-state index in [0.29, 0.717) is 0 Å².